The van der Waals surface area contributed by atoms with Gasteiger partial charge in [-0.1, -0.05) is 60.7 Å². The summed E-state index contributed by atoms with van der Waals surface area (Å²) in [6.07, 6.45) is 0. The number of hydrogen-bond donors (Lipinski definition) is 2. The number of rotatable bonds is 16. The Morgan fingerprint density at radius 3 is 1.09 bits per heavy atom. The largest absolute Gasteiger partial charge is 0.372 e. The minimum absolute atomic E-state index is 0. The topological polar surface area (TPSA) is 142 Å². The fraction of sp³-hybridized carbons (Fsp3) is 0.262. The predicted molar refractivity (Wildman–Crippen MR) is 226 cm³/mol. The summed E-state index contributed by atoms with van der Waals surface area (Å²) in [5.74, 6) is 0. The van der Waals surface area contributed by atoms with Crippen LogP contribution in [0.2, 0.25) is 0 Å². The number of nitriles is 1. The van der Waals surface area contributed by atoms with E-state index in [2.05, 4.69) is 46.7 Å². The number of hydrogen-bond acceptors (Lipinski definition) is 8. The van der Waals surface area contributed by atoms with Crippen molar-refractivity contribution in [1.82, 2.24) is 0 Å². The second-order valence-electron chi connectivity index (χ2n) is 12.9. The molecular weight excluding hydrogens is 767 g/mol. The van der Waals surface area contributed by atoms with Gasteiger partial charge in [-0.05, 0) is 116 Å². The second-order valence-corrected chi connectivity index (χ2v) is 15.8. The third-order valence-corrected chi connectivity index (χ3v) is 11.5. The summed E-state index contributed by atoms with van der Waals surface area (Å²) in [7, 11) is -8.67. The van der Waals surface area contributed by atoms with Crippen LogP contribution >= 0.6 is 0 Å². The maximum atomic E-state index is 11.8. The Morgan fingerprint density at radius 1 is 0.518 bits per heavy atom. The maximum absolute atomic E-state index is 11.8. The molecular formula is C42H46N4Na2O6S2. The van der Waals surface area contributed by atoms with E-state index in [4.69, 9.17) is 0 Å². The third kappa shape index (κ3) is 10.8. The van der Waals surface area contributed by atoms with E-state index in [-0.39, 0.29) is 68.9 Å². The Hall–Kier alpha value is -3.19. The van der Waals surface area contributed by atoms with Crippen LogP contribution in [0.3, 0.4) is 0 Å². The summed E-state index contributed by atoms with van der Waals surface area (Å²) < 4.78 is 66.1. The molecule has 284 valence electrons. The van der Waals surface area contributed by atoms with Crippen molar-refractivity contribution in [3.8, 4) is 6.07 Å². The van der Waals surface area contributed by atoms with Crippen molar-refractivity contribution in [3.63, 3.8) is 0 Å². The van der Waals surface area contributed by atoms with Gasteiger partial charge in [-0.3, -0.25) is 9.11 Å². The van der Waals surface area contributed by atoms with Crippen LogP contribution in [-0.4, -0.2) is 111 Å². The van der Waals surface area contributed by atoms with Crippen molar-refractivity contribution in [3.05, 3.63) is 149 Å². The molecule has 0 fully saturated rings. The monoisotopic (exact) mass is 812 g/mol. The van der Waals surface area contributed by atoms with Crippen molar-refractivity contribution < 1.29 is 25.9 Å². The van der Waals surface area contributed by atoms with Gasteiger partial charge in [0.25, 0.3) is 20.2 Å². The molecule has 2 N–H and O–H groups in total. The molecule has 0 aliphatic carbocycles. The molecule has 0 spiro atoms. The summed E-state index contributed by atoms with van der Waals surface area (Å²) in [5.41, 5.74) is 5.46. The van der Waals surface area contributed by atoms with Crippen molar-refractivity contribution in [2.75, 3.05) is 40.9 Å². The molecule has 5 rings (SSSR count). The SMILES string of the molecule is CCN(CC)c1ccc(C(C#N)(c2ccc(N(CC)Cc3cccc(S(=O)(=O)O)c3)cc2)c2ccc(N(CC)Cc3cccc(S(=O)(=O)O)c3)cc2)cc1.[Na].[Na]. The molecule has 10 nitrogen and oxygen atoms in total. The standard InChI is InChI=1S/C42H46N4O6S2.2Na/c1-5-44(6-2)37-21-15-34(16-22-37)42(31-43,35-17-23-38(24-18-35)45(7-3)29-32-11-9-13-40(27-32)53(47,48)49)36-19-25-39(26-20-36)46(8-4)30-33-12-10-14-41(28-33)54(50,51)52;;/h9-28H,5-8,29-30H2,1-4H3,(H,47,48,49)(H,50,51,52);;. The Balaban J connectivity index is 0.00000420. The van der Waals surface area contributed by atoms with Crippen LogP contribution in [0.25, 0.3) is 0 Å². The molecule has 0 amide bonds. The molecule has 0 aliphatic rings. The summed E-state index contributed by atoms with van der Waals surface area (Å²) >= 11 is 0. The first kappa shape index (κ1) is 47.2. The first-order valence-electron chi connectivity index (χ1n) is 17.9. The predicted octanol–water partition coefficient (Wildman–Crippen LogP) is 7.18. The number of anilines is 3. The summed E-state index contributed by atoms with van der Waals surface area (Å²) in [5, 5.41) is 11.2. The molecule has 0 saturated heterocycles. The van der Waals surface area contributed by atoms with Crippen LogP contribution in [0.1, 0.15) is 55.5 Å². The molecule has 0 aromatic heterocycles. The molecule has 0 saturated carbocycles. The van der Waals surface area contributed by atoms with Gasteiger partial charge in [-0.25, -0.2) is 0 Å². The molecule has 56 heavy (non-hydrogen) atoms. The van der Waals surface area contributed by atoms with Crippen LogP contribution in [0, 0.1) is 11.3 Å². The van der Waals surface area contributed by atoms with E-state index in [0.29, 0.717) is 26.2 Å². The van der Waals surface area contributed by atoms with Gasteiger partial charge in [0.2, 0.25) is 0 Å². The Labute approximate surface area is 376 Å². The summed E-state index contributed by atoms with van der Waals surface area (Å²) in [4.78, 5) is 6.10. The first-order valence-corrected chi connectivity index (χ1v) is 20.8. The molecule has 0 heterocycles. The van der Waals surface area contributed by atoms with Gasteiger partial charge in [0.05, 0.1) is 15.9 Å². The molecule has 2 radical (unpaired) electrons. The van der Waals surface area contributed by atoms with Crippen molar-refractivity contribution in [2.45, 2.75) is 56.0 Å². The van der Waals surface area contributed by atoms with E-state index in [9.17, 15) is 31.2 Å². The van der Waals surface area contributed by atoms with Gasteiger partial charge in [-0.2, -0.15) is 22.1 Å². The van der Waals surface area contributed by atoms with Crippen molar-refractivity contribution >= 4 is 96.4 Å². The summed E-state index contributed by atoms with van der Waals surface area (Å²) in [6, 6.07) is 39.0. The van der Waals surface area contributed by atoms with E-state index in [0.717, 1.165) is 58.0 Å². The minimum atomic E-state index is -4.33. The van der Waals surface area contributed by atoms with Gasteiger partial charge in [-0.15, -0.1) is 0 Å². The number of nitrogens with zero attached hydrogens (tertiary/aromatic N) is 4. The summed E-state index contributed by atoms with van der Waals surface area (Å²) in [6.45, 7) is 12.0. The molecule has 5 aromatic carbocycles. The molecule has 0 bridgehead atoms. The Kier molecular flexibility index (Phi) is 17.3. The molecule has 0 unspecified atom stereocenters. The first-order chi connectivity index (χ1) is 25.8. The molecule has 14 heteroatoms. The molecule has 5 aromatic rings. The van der Waals surface area contributed by atoms with E-state index >= 15 is 0 Å². The Bertz CT molecular complexity index is 2190. The zero-order chi connectivity index (χ0) is 39.1. The zero-order valence-corrected chi connectivity index (χ0v) is 38.6. The maximum Gasteiger partial charge on any atom is 0.294 e. The zero-order valence-electron chi connectivity index (χ0n) is 32.9. The van der Waals surface area contributed by atoms with Crippen LogP contribution in [0.5, 0.6) is 0 Å². The van der Waals surface area contributed by atoms with Crippen LogP contribution in [-0.2, 0) is 38.7 Å². The van der Waals surface area contributed by atoms with Crippen LogP contribution in [0.15, 0.2) is 131 Å². The van der Waals surface area contributed by atoms with Gasteiger partial charge in [0.15, 0.2) is 0 Å². The normalized spacial score (nSPS) is 11.4. The average Bonchev–Trinajstić information content (AvgIpc) is 3.17. The van der Waals surface area contributed by atoms with Gasteiger partial charge in [0, 0.05) is 115 Å². The van der Waals surface area contributed by atoms with Gasteiger partial charge < -0.3 is 14.7 Å². The van der Waals surface area contributed by atoms with Crippen molar-refractivity contribution in [1.29, 1.82) is 5.26 Å². The van der Waals surface area contributed by atoms with E-state index < -0.39 is 25.7 Å². The second kappa shape index (κ2) is 20.5. The van der Waals surface area contributed by atoms with Crippen LogP contribution in [0.4, 0.5) is 17.1 Å². The van der Waals surface area contributed by atoms with Gasteiger partial charge in [0.1, 0.15) is 5.41 Å². The molecule has 0 aliphatic heterocycles. The van der Waals surface area contributed by atoms with E-state index in [1.54, 1.807) is 12.1 Å². The van der Waals surface area contributed by atoms with Gasteiger partial charge >= 0.3 is 0 Å². The van der Waals surface area contributed by atoms with Crippen molar-refractivity contribution in [2.24, 2.45) is 0 Å². The average molecular weight is 813 g/mol. The fourth-order valence-electron chi connectivity index (χ4n) is 6.87. The van der Waals surface area contributed by atoms with E-state index in [1.165, 1.54) is 24.3 Å². The van der Waals surface area contributed by atoms with Crippen LogP contribution < -0.4 is 14.7 Å². The number of benzene rings is 5. The smallest absolute Gasteiger partial charge is 0.294 e. The quantitative estimate of drug-likeness (QED) is 0.0598. The Morgan fingerprint density at radius 2 is 0.821 bits per heavy atom. The third-order valence-electron chi connectivity index (χ3n) is 9.83. The van der Waals surface area contributed by atoms with E-state index in [1.807, 2.05) is 86.6 Å². The fourth-order valence-corrected chi connectivity index (χ4v) is 7.97. The minimum Gasteiger partial charge on any atom is -0.372 e. The molecule has 0 atom stereocenters.